The first-order chi connectivity index (χ1) is 6.83. The van der Waals surface area contributed by atoms with E-state index >= 15 is 0 Å². The van der Waals surface area contributed by atoms with E-state index in [1.807, 2.05) is 0 Å². The van der Waals surface area contributed by atoms with E-state index in [-0.39, 0.29) is 0 Å². The Kier molecular flexibility index (Phi) is 8.87. The van der Waals surface area contributed by atoms with Gasteiger partial charge in [0, 0.05) is 26.0 Å². The van der Waals surface area contributed by atoms with Crippen LogP contribution in [0.15, 0.2) is 12.4 Å². The topological polar surface area (TPSA) is 6.48 Å². The van der Waals surface area contributed by atoms with Gasteiger partial charge in [-0.05, 0) is 6.42 Å². The van der Waals surface area contributed by atoms with Crippen molar-refractivity contribution in [1.29, 1.82) is 0 Å². The molecular formula is C8H16Cl4N2Zn. The Morgan fingerprint density at radius 2 is 1.73 bits per heavy atom. The summed E-state index contributed by atoms with van der Waals surface area (Å²) in [6, 6.07) is 0. The van der Waals surface area contributed by atoms with Crippen molar-refractivity contribution in [1.82, 2.24) is 9.80 Å². The van der Waals surface area contributed by atoms with Crippen LogP contribution in [-0.4, -0.2) is 30.1 Å². The fourth-order valence-electron chi connectivity index (χ4n) is 1.10. The van der Waals surface area contributed by atoms with Crippen LogP contribution in [0.2, 0.25) is 0 Å². The number of unbranched alkanes of at least 4 members (excludes halogenated alkanes) is 1. The van der Waals surface area contributed by atoms with E-state index in [0.29, 0.717) is 0 Å². The summed E-state index contributed by atoms with van der Waals surface area (Å²) in [5.41, 5.74) is 0. The molecule has 0 radical (unpaired) electrons. The van der Waals surface area contributed by atoms with Crippen molar-refractivity contribution in [3.63, 3.8) is 0 Å². The summed E-state index contributed by atoms with van der Waals surface area (Å²) in [7, 11) is 18.9. The number of rotatable bonds is 3. The third-order valence-electron chi connectivity index (χ3n) is 1.74. The monoisotopic (exact) mass is 344 g/mol. The van der Waals surface area contributed by atoms with Gasteiger partial charge in [0.25, 0.3) is 0 Å². The van der Waals surface area contributed by atoms with Crippen LogP contribution < -0.4 is 0 Å². The third-order valence-corrected chi connectivity index (χ3v) is 1.74. The summed E-state index contributed by atoms with van der Waals surface area (Å²) in [5.74, 6) is 0. The zero-order valence-electron chi connectivity index (χ0n) is 9.10. The first kappa shape index (κ1) is 16.1. The number of hydrogen-bond acceptors (Lipinski definition) is 2. The molecule has 0 aromatic heterocycles. The Morgan fingerprint density at radius 3 is 2.07 bits per heavy atom. The molecule has 0 N–H and O–H groups in total. The molecule has 0 aliphatic carbocycles. The second kappa shape index (κ2) is 8.25. The quantitative estimate of drug-likeness (QED) is 0.706. The van der Waals surface area contributed by atoms with Gasteiger partial charge in [0.15, 0.2) is 0 Å². The maximum absolute atomic E-state index is 5.05. The first-order valence-electron chi connectivity index (χ1n) is 5.02. The van der Waals surface area contributed by atoms with Gasteiger partial charge in [-0.25, -0.2) is 0 Å². The van der Waals surface area contributed by atoms with Crippen molar-refractivity contribution >= 4 is 38.8 Å². The predicted octanol–water partition coefficient (Wildman–Crippen LogP) is 4.22. The molecule has 0 saturated heterocycles. The Balaban J connectivity index is 0.000000336. The van der Waals surface area contributed by atoms with E-state index < -0.39 is 10.8 Å². The summed E-state index contributed by atoms with van der Waals surface area (Å²) >= 11 is 0. The molecule has 88 valence electrons. The minimum absolute atomic E-state index is 1.07. The molecule has 0 amide bonds. The second-order valence-electron chi connectivity index (χ2n) is 3.47. The van der Waals surface area contributed by atoms with Crippen molar-refractivity contribution in [3.05, 3.63) is 12.4 Å². The maximum atomic E-state index is 5.05. The van der Waals surface area contributed by atoms with E-state index in [2.05, 4.69) is 36.2 Å². The Bertz CT molecular complexity index is 190. The van der Waals surface area contributed by atoms with E-state index in [1.54, 1.807) is 0 Å². The average molecular weight is 347 g/mol. The molecule has 0 aromatic rings. The standard InChI is InChI=1S/C8H16N2.4ClH.Zn/c1-3-4-5-10-7-6-9(2)8-10;;;;;/h6-7H,3-5,8H2,1-2H3;4*1H;/q;;;;;+4/p-4. The molecule has 15 heavy (non-hydrogen) atoms. The van der Waals surface area contributed by atoms with Crippen LogP contribution >= 0.6 is 38.8 Å². The SMILES string of the molecule is CCCCN1C=CN(C)C1.[Cl][Zn]([Cl])([Cl])[Cl]. The summed E-state index contributed by atoms with van der Waals surface area (Å²) < 4.78 is 0. The second-order valence-corrected chi connectivity index (χ2v) is 31.2. The number of halogens is 4. The fourth-order valence-corrected chi connectivity index (χ4v) is 1.10. The molecule has 0 unspecified atom stereocenters. The van der Waals surface area contributed by atoms with Gasteiger partial charge >= 0.3 is 49.6 Å². The van der Waals surface area contributed by atoms with E-state index in [9.17, 15) is 0 Å². The first-order valence-corrected chi connectivity index (χ1v) is 20.6. The van der Waals surface area contributed by atoms with Crippen LogP contribution in [-0.2, 0) is 10.8 Å². The summed E-state index contributed by atoms with van der Waals surface area (Å²) in [6.45, 7) is 4.50. The zero-order chi connectivity index (χ0) is 11.9. The predicted molar refractivity (Wildman–Crippen MR) is 66.8 cm³/mol. The average Bonchev–Trinajstić information content (AvgIpc) is 2.45. The van der Waals surface area contributed by atoms with E-state index in [1.165, 1.54) is 19.4 Å². The third kappa shape index (κ3) is 13.1. The van der Waals surface area contributed by atoms with Crippen molar-refractivity contribution in [2.75, 3.05) is 20.3 Å². The van der Waals surface area contributed by atoms with E-state index in [4.69, 9.17) is 38.8 Å². The molecular weight excluding hydrogens is 331 g/mol. The molecule has 1 rings (SSSR count). The van der Waals surface area contributed by atoms with Gasteiger partial charge < -0.3 is 9.80 Å². The van der Waals surface area contributed by atoms with Crippen molar-refractivity contribution in [2.24, 2.45) is 0 Å². The molecule has 2 nitrogen and oxygen atoms in total. The van der Waals surface area contributed by atoms with E-state index in [0.717, 1.165) is 6.67 Å². The van der Waals surface area contributed by atoms with Gasteiger partial charge in [-0.2, -0.15) is 0 Å². The Hall–Kier alpha value is 1.12. The summed E-state index contributed by atoms with van der Waals surface area (Å²) in [5, 5.41) is 0. The van der Waals surface area contributed by atoms with Crippen LogP contribution in [0.5, 0.6) is 0 Å². The van der Waals surface area contributed by atoms with Crippen LogP contribution in [0.1, 0.15) is 19.8 Å². The van der Waals surface area contributed by atoms with Gasteiger partial charge in [-0.15, -0.1) is 0 Å². The zero-order valence-corrected chi connectivity index (χ0v) is 15.1. The number of nitrogens with zero attached hydrogens (tertiary/aromatic N) is 2. The minimum atomic E-state index is -3.36. The van der Waals surface area contributed by atoms with Crippen molar-refractivity contribution in [3.8, 4) is 0 Å². The fraction of sp³-hybridized carbons (Fsp3) is 0.750. The molecule has 1 aliphatic heterocycles. The van der Waals surface area contributed by atoms with Gasteiger partial charge in [-0.1, -0.05) is 13.3 Å². The summed E-state index contributed by atoms with van der Waals surface area (Å²) in [4.78, 5) is 4.53. The molecule has 0 atom stereocenters. The molecule has 0 saturated carbocycles. The molecule has 0 fully saturated rings. The van der Waals surface area contributed by atoms with Gasteiger partial charge in [0.1, 0.15) is 0 Å². The Labute approximate surface area is 111 Å². The molecule has 1 aliphatic rings. The molecule has 7 heteroatoms. The van der Waals surface area contributed by atoms with Gasteiger partial charge in [0.2, 0.25) is 0 Å². The number of hydrogen-bond donors (Lipinski definition) is 0. The van der Waals surface area contributed by atoms with Crippen molar-refractivity contribution < 1.29 is 10.8 Å². The van der Waals surface area contributed by atoms with Crippen LogP contribution in [0.3, 0.4) is 0 Å². The molecule has 0 aromatic carbocycles. The van der Waals surface area contributed by atoms with Gasteiger partial charge in [0.05, 0.1) is 6.67 Å². The molecule has 0 bridgehead atoms. The molecule has 1 heterocycles. The normalized spacial score (nSPS) is 14.3. The van der Waals surface area contributed by atoms with Crippen LogP contribution in [0.25, 0.3) is 0 Å². The summed E-state index contributed by atoms with van der Waals surface area (Å²) in [6.07, 6.45) is 6.87. The molecule has 0 spiro atoms. The van der Waals surface area contributed by atoms with Crippen LogP contribution in [0, 0.1) is 0 Å². The van der Waals surface area contributed by atoms with Crippen LogP contribution in [0.4, 0.5) is 0 Å². The van der Waals surface area contributed by atoms with Gasteiger partial charge in [-0.3, -0.25) is 0 Å². The van der Waals surface area contributed by atoms with Crippen molar-refractivity contribution in [2.45, 2.75) is 19.8 Å². The Morgan fingerprint density at radius 1 is 1.20 bits per heavy atom.